The summed E-state index contributed by atoms with van der Waals surface area (Å²) in [6, 6.07) is 2.09. The minimum Gasteiger partial charge on any atom is -0.270 e. The normalized spacial score (nSPS) is 12.9. The first-order valence-electron chi connectivity index (χ1n) is 5.66. The number of hydrogen-bond acceptors (Lipinski definition) is 3. The van der Waals surface area contributed by atoms with Gasteiger partial charge in [0.1, 0.15) is 5.69 Å². The first kappa shape index (κ1) is 12.1. The van der Waals surface area contributed by atoms with E-state index in [0.29, 0.717) is 6.54 Å². The average molecular weight is 254 g/mol. The molecule has 2 heterocycles. The van der Waals surface area contributed by atoms with Crippen LogP contribution in [0.1, 0.15) is 36.3 Å². The van der Waals surface area contributed by atoms with Crippen LogP contribution in [0.15, 0.2) is 12.3 Å². The minimum atomic E-state index is -0.110. The maximum atomic E-state index is 5.94. The highest BCUT2D eigenvalue weighted by molar-refractivity contribution is 6.20. The van der Waals surface area contributed by atoms with Crippen molar-refractivity contribution >= 4 is 11.6 Å². The Morgan fingerprint density at radius 3 is 2.76 bits per heavy atom. The van der Waals surface area contributed by atoms with Crippen LogP contribution >= 0.6 is 11.6 Å². The highest BCUT2D eigenvalue weighted by atomic mass is 35.5. The van der Waals surface area contributed by atoms with E-state index in [-0.39, 0.29) is 5.38 Å². The smallest absolute Gasteiger partial charge is 0.100 e. The van der Waals surface area contributed by atoms with E-state index in [9.17, 15) is 0 Å². The molecule has 92 valence electrons. The monoisotopic (exact) mass is 253 g/mol. The van der Waals surface area contributed by atoms with Gasteiger partial charge in [0.2, 0.25) is 0 Å². The van der Waals surface area contributed by atoms with E-state index < -0.39 is 0 Å². The number of rotatable bonds is 4. The molecule has 17 heavy (non-hydrogen) atoms. The largest absolute Gasteiger partial charge is 0.270 e. The SMILES string of the molecule is CCc1cc(Cn2cc(C(C)Cl)nn2)n(C)n1. The van der Waals surface area contributed by atoms with Gasteiger partial charge in [-0.2, -0.15) is 5.10 Å². The summed E-state index contributed by atoms with van der Waals surface area (Å²) in [5.74, 6) is 0. The molecule has 0 aliphatic carbocycles. The van der Waals surface area contributed by atoms with Gasteiger partial charge in [0.25, 0.3) is 0 Å². The number of hydrogen-bond donors (Lipinski definition) is 0. The lowest BCUT2D eigenvalue weighted by molar-refractivity contribution is 0.598. The second-order valence-corrected chi connectivity index (χ2v) is 4.72. The molecular weight excluding hydrogens is 238 g/mol. The first-order valence-corrected chi connectivity index (χ1v) is 6.09. The molecule has 2 aromatic heterocycles. The Balaban J connectivity index is 2.16. The maximum absolute atomic E-state index is 5.94. The molecule has 0 saturated carbocycles. The molecule has 2 aromatic rings. The highest BCUT2D eigenvalue weighted by Gasteiger charge is 2.09. The van der Waals surface area contributed by atoms with Crippen molar-refractivity contribution in [1.29, 1.82) is 0 Å². The highest BCUT2D eigenvalue weighted by Crippen LogP contribution is 2.16. The van der Waals surface area contributed by atoms with E-state index in [2.05, 4.69) is 28.4 Å². The van der Waals surface area contributed by atoms with Crippen molar-refractivity contribution in [3.8, 4) is 0 Å². The molecule has 6 heteroatoms. The van der Waals surface area contributed by atoms with Gasteiger partial charge < -0.3 is 0 Å². The van der Waals surface area contributed by atoms with Crippen LogP contribution in [0.4, 0.5) is 0 Å². The van der Waals surface area contributed by atoms with E-state index in [1.165, 1.54) is 0 Å². The zero-order valence-corrected chi connectivity index (χ0v) is 11.0. The number of nitrogens with zero attached hydrogens (tertiary/aromatic N) is 5. The van der Waals surface area contributed by atoms with E-state index in [1.807, 2.05) is 24.9 Å². The molecule has 0 saturated heterocycles. The fourth-order valence-corrected chi connectivity index (χ4v) is 1.73. The van der Waals surface area contributed by atoms with Crippen molar-refractivity contribution in [3.05, 3.63) is 29.3 Å². The van der Waals surface area contributed by atoms with Crippen LogP contribution in [0, 0.1) is 0 Å². The van der Waals surface area contributed by atoms with Gasteiger partial charge in [0, 0.05) is 7.05 Å². The molecule has 0 spiro atoms. The van der Waals surface area contributed by atoms with Crippen molar-refractivity contribution in [2.24, 2.45) is 7.05 Å². The molecule has 0 aliphatic heterocycles. The summed E-state index contributed by atoms with van der Waals surface area (Å²) >= 11 is 5.94. The van der Waals surface area contributed by atoms with Gasteiger partial charge in [-0.3, -0.25) is 4.68 Å². The summed E-state index contributed by atoms with van der Waals surface area (Å²) < 4.78 is 3.66. The van der Waals surface area contributed by atoms with Gasteiger partial charge in [-0.1, -0.05) is 12.1 Å². The van der Waals surface area contributed by atoms with Crippen LogP contribution in [0.3, 0.4) is 0 Å². The van der Waals surface area contributed by atoms with Crippen LogP contribution in [0.2, 0.25) is 0 Å². The molecule has 0 bridgehead atoms. The molecule has 1 atom stereocenters. The molecular formula is C11H16ClN5. The summed E-state index contributed by atoms with van der Waals surface area (Å²) in [6.45, 7) is 4.64. The van der Waals surface area contributed by atoms with E-state index in [0.717, 1.165) is 23.5 Å². The first-order chi connectivity index (χ1) is 8.10. The molecule has 1 unspecified atom stereocenters. The van der Waals surface area contributed by atoms with Crippen LogP contribution in [-0.4, -0.2) is 24.8 Å². The molecule has 0 fully saturated rings. The Morgan fingerprint density at radius 2 is 2.24 bits per heavy atom. The molecule has 0 aromatic carbocycles. The summed E-state index contributed by atoms with van der Waals surface area (Å²) in [4.78, 5) is 0. The van der Waals surface area contributed by atoms with Crippen molar-refractivity contribution < 1.29 is 0 Å². The van der Waals surface area contributed by atoms with Crippen molar-refractivity contribution in [2.45, 2.75) is 32.2 Å². The predicted molar refractivity (Wildman–Crippen MR) is 66.0 cm³/mol. The third-order valence-corrected chi connectivity index (χ3v) is 2.90. The van der Waals surface area contributed by atoms with Crippen LogP contribution < -0.4 is 0 Å². The predicted octanol–water partition coefficient (Wildman–Crippen LogP) is 1.92. The summed E-state index contributed by atoms with van der Waals surface area (Å²) in [5.41, 5.74) is 3.00. The molecule has 0 N–H and O–H groups in total. The van der Waals surface area contributed by atoms with Gasteiger partial charge >= 0.3 is 0 Å². The van der Waals surface area contributed by atoms with Gasteiger partial charge in [-0.05, 0) is 19.4 Å². The number of halogens is 1. The quantitative estimate of drug-likeness (QED) is 0.783. The zero-order chi connectivity index (χ0) is 12.4. The van der Waals surface area contributed by atoms with Crippen molar-refractivity contribution in [3.63, 3.8) is 0 Å². The second kappa shape index (κ2) is 4.87. The third-order valence-electron chi connectivity index (χ3n) is 2.68. The Hall–Kier alpha value is -1.36. The number of alkyl halides is 1. The van der Waals surface area contributed by atoms with Crippen LogP contribution in [0.5, 0.6) is 0 Å². The van der Waals surface area contributed by atoms with Gasteiger partial charge in [0.05, 0.1) is 29.5 Å². The van der Waals surface area contributed by atoms with Gasteiger partial charge in [0.15, 0.2) is 0 Å². The molecule has 5 nitrogen and oxygen atoms in total. The summed E-state index contributed by atoms with van der Waals surface area (Å²) in [6.07, 6.45) is 2.81. The standard InChI is InChI=1S/C11H16ClN5/c1-4-9-5-10(16(3)14-9)6-17-7-11(8(2)12)13-15-17/h5,7-8H,4,6H2,1-3H3. The second-order valence-electron chi connectivity index (χ2n) is 4.06. The van der Waals surface area contributed by atoms with Crippen molar-refractivity contribution in [1.82, 2.24) is 24.8 Å². The van der Waals surface area contributed by atoms with Crippen molar-refractivity contribution in [2.75, 3.05) is 0 Å². The Bertz CT molecular complexity index is 500. The Labute approximate surface area is 105 Å². The fourth-order valence-electron chi connectivity index (χ4n) is 1.63. The topological polar surface area (TPSA) is 48.5 Å². The molecule has 2 rings (SSSR count). The van der Waals surface area contributed by atoms with Gasteiger partial charge in [-0.25, -0.2) is 4.68 Å². The average Bonchev–Trinajstić information content (AvgIpc) is 2.87. The molecule has 0 aliphatic rings. The lowest BCUT2D eigenvalue weighted by atomic mass is 10.3. The molecule has 0 amide bonds. The lowest BCUT2D eigenvalue weighted by Crippen LogP contribution is -2.06. The van der Waals surface area contributed by atoms with Crippen LogP contribution in [-0.2, 0) is 20.0 Å². The van der Waals surface area contributed by atoms with Crippen LogP contribution in [0.25, 0.3) is 0 Å². The Kier molecular flexibility index (Phi) is 3.47. The number of aryl methyl sites for hydroxylation is 2. The van der Waals surface area contributed by atoms with Gasteiger partial charge in [-0.15, -0.1) is 16.7 Å². The summed E-state index contributed by atoms with van der Waals surface area (Å²) in [7, 11) is 1.94. The fraction of sp³-hybridized carbons (Fsp3) is 0.545. The number of aromatic nitrogens is 5. The molecule has 0 radical (unpaired) electrons. The van der Waals surface area contributed by atoms with E-state index >= 15 is 0 Å². The zero-order valence-electron chi connectivity index (χ0n) is 10.3. The third kappa shape index (κ3) is 2.66. The summed E-state index contributed by atoms with van der Waals surface area (Å²) in [5, 5.41) is 12.4. The lowest BCUT2D eigenvalue weighted by Gasteiger charge is -2.00. The minimum absolute atomic E-state index is 0.110. The Morgan fingerprint density at radius 1 is 1.47 bits per heavy atom. The van der Waals surface area contributed by atoms with E-state index in [1.54, 1.807) is 4.68 Å². The maximum Gasteiger partial charge on any atom is 0.100 e. The van der Waals surface area contributed by atoms with E-state index in [4.69, 9.17) is 11.6 Å².